The first kappa shape index (κ1) is 12.2. The number of hydrogen-bond acceptors (Lipinski definition) is 1. The molecule has 0 bridgehead atoms. The third-order valence-corrected chi connectivity index (χ3v) is 3.52. The molecule has 0 atom stereocenters. The molecule has 0 heterocycles. The highest BCUT2D eigenvalue weighted by Gasteiger charge is 2.26. The minimum absolute atomic E-state index is 0.0833. The highest BCUT2D eigenvalue weighted by molar-refractivity contribution is 5.98. The number of aryl methyl sites for hydroxylation is 1. The van der Waals surface area contributed by atoms with Crippen molar-refractivity contribution in [1.82, 2.24) is 0 Å². The molecular formula is C14H16F2O. The molecule has 0 aromatic heterocycles. The van der Waals surface area contributed by atoms with Crippen molar-refractivity contribution in [3.8, 4) is 0 Å². The van der Waals surface area contributed by atoms with E-state index in [1.807, 2.05) is 0 Å². The first-order valence-corrected chi connectivity index (χ1v) is 6.10. The van der Waals surface area contributed by atoms with Gasteiger partial charge in [0.25, 0.3) is 0 Å². The summed E-state index contributed by atoms with van der Waals surface area (Å²) in [5.74, 6) is -2.24. The molecule has 3 heteroatoms. The van der Waals surface area contributed by atoms with E-state index in [9.17, 15) is 13.6 Å². The van der Waals surface area contributed by atoms with Crippen molar-refractivity contribution in [2.24, 2.45) is 5.92 Å². The van der Waals surface area contributed by atoms with Gasteiger partial charge in [0.05, 0.1) is 5.56 Å². The van der Waals surface area contributed by atoms with Gasteiger partial charge >= 0.3 is 0 Å². The van der Waals surface area contributed by atoms with Crippen LogP contribution in [0.4, 0.5) is 8.78 Å². The van der Waals surface area contributed by atoms with Crippen molar-refractivity contribution in [3.63, 3.8) is 0 Å². The smallest absolute Gasteiger partial charge is 0.169 e. The number of rotatable bonds is 2. The zero-order valence-electron chi connectivity index (χ0n) is 9.93. The molecule has 2 rings (SSSR count). The highest BCUT2D eigenvalue weighted by Crippen LogP contribution is 2.28. The number of carbonyl (C=O) groups excluding carboxylic acids is 1. The van der Waals surface area contributed by atoms with E-state index in [4.69, 9.17) is 0 Å². The molecule has 0 N–H and O–H groups in total. The van der Waals surface area contributed by atoms with Gasteiger partial charge < -0.3 is 0 Å². The monoisotopic (exact) mass is 238 g/mol. The predicted octanol–water partition coefficient (Wildman–Crippen LogP) is 4.04. The van der Waals surface area contributed by atoms with Crippen LogP contribution in [0.3, 0.4) is 0 Å². The third kappa shape index (κ3) is 2.38. The van der Waals surface area contributed by atoms with Crippen LogP contribution in [-0.2, 0) is 0 Å². The largest absolute Gasteiger partial charge is 0.294 e. The number of carbonyl (C=O) groups is 1. The molecule has 1 aliphatic carbocycles. The second-order valence-corrected chi connectivity index (χ2v) is 4.76. The Labute approximate surface area is 99.8 Å². The van der Waals surface area contributed by atoms with Crippen LogP contribution in [0.2, 0.25) is 0 Å². The van der Waals surface area contributed by atoms with Gasteiger partial charge in [-0.15, -0.1) is 0 Å². The quantitative estimate of drug-likeness (QED) is 0.711. The zero-order valence-corrected chi connectivity index (χ0v) is 9.93. The fraction of sp³-hybridized carbons (Fsp3) is 0.500. The highest BCUT2D eigenvalue weighted by atomic mass is 19.2. The van der Waals surface area contributed by atoms with Gasteiger partial charge in [-0.2, -0.15) is 0 Å². The summed E-state index contributed by atoms with van der Waals surface area (Å²) in [7, 11) is 0. The number of halogens is 2. The van der Waals surface area contributed by atoms with Crippen molar-refractivity contribution >= 4 is 5.78 Å². The Morgan fingerprint density at radius 1 is 1.12 bits per heavy atom. The summed E-state index contributed by atoms with van der Waals surface area (Å²) in [6.07, 6.45) is 4.74. The zero-order chi connectivity index (χ0) is 12.4. The predicted molar refractivity (Wildman–Crippen MR) is 62.0 cm³/mol. The molecule has 1 fully saturated rings. The Balaban J connectivity index is 2.27. The Bertz CT molecular complexity index is 434. The number of ketones is 1. The Hall–Kier alpha value is -1.25. The molecule has 1 saturated carbocycles. The molecule has 0 saturated heterocycles. The molecule has 0 unspecified atom stereocenters. The van der Waals surface area contributed by atoms with Crippen LogP contribution in [0, 0.1) is 24.5 Å². The van der Waals surface area contributed by atoms with E-state index in [2.05, 4.69) is 0 Å². The van der Waals surface area contributed by atoms with Crippen molar-refractivity contribution < 1.29 is 13.6 Å². The summed E-state index contributed by atoms with van der Waals surface area (Å²) >= 11 is 0. The average Bonchev–Trinajstić information content (AvgIpc) is 2.36. The molecule has 0 amide bonds. The van der Waals surface area contributed by atoms with E-state index < -0.39 is 11.6 Å². The van der Waals surface area contributed by atoms with Crippen molar-refractivity contribution in [1.29, 1.82) is 0 Å². The fourth-order valence-electron chi connectivity index (χ4n) is 2.42. The summed E-state index contributed by atoms with van der Waals surface area (Å²) in [5.41, 5.74) is 0.155. The maximum Gasteiger partial charge on any atom is 0.169 e. The van der Waals surface area contributed by atoms with Gasteiger partial charge in [0.1, 0.15) is 0 Å². The van der Waals surface area contributed by atoms with E-state index in [0.717, 1.165) is 32.1 Å². The van der Waals surface area contributed by atoms with E-state index in [1.54, 1.807) is 0 Å². The molecule has 1 nitrogen and oxygen atoms in total. The number of Topliss-reactive ketones (excluding diaryl/α,β-unsaturated/α-hetero) is 1. The maximum atomic E-state index is 13.7. The van der Waals surface area contributed by atoms with Gasteiger partial charge in [-0.05, 0) is 31.4 Å². The van der Waals surface area contributed by atoms with Crippen molar-refractivity contribution in [2.75, 3.05) is 0 Å². The lowest BCUT2D eigenvalue weighted by molar-refractivity contribution is 0.0884. The van der Waals surface area contributed by atoms with Crippen LogP contribution in [0.15, 0.2) is 12.1 Å². The normalized spacial score (nSPS) is 17.1. The summed E-state index contributed by atoms with van der Waals surface area (Å²) in [6, 6.07) is 2.87. The van der Waals surface area contributed by atoms with Crippen molar-refractivity contribution in [2.45, 2.75) is 39.0 Å². The molecule has 17 heavy (non-hydrogen) atoms. The molecule has 0 radical (unpaired) electrons. The van der Waals surface area contributed by atoms with E-state index >= 15 is 0 Å². The SMILES string of the molecule is Cc1ccc(C(=O)C2CCCCC2)c(F)c1F. The van der Waals surface area contributed by atoms with Gasteiger partial charge in [0.15, 0.2) is 17.4 Å². The Morgan fingerprint density at radius 2 is 1.76 bits per heavy atom. The number of hydrogen-bond donors (Lipinski definition) is 0. The molecule has 92 valence electrons. The molecule has 1 aliphatic rings. The molecule has 0 spiro atoms. The second-order valence-electron chi connectivity index (χ2n) is 4.76. The topological polar surface area (TPSA) is 17.1 Å². The maximum absolute atomic E-state index is 13.7. The molecular weight excluding hydrogens is 222 g/mol. The minimum Gasteiger partial charge on any atom is -0.294 e. The van der Waals surface area contributed by atoms with Gasteiger partial charge in [-0.25, -0.2) is 8.78 Å². The van der Waals surface area contributed by atoms with Crippen LogP contribution in [0.25, 0.3) is 0 Å². The van der Waals surface area contributed by atoms with Gasteiger partial charge in [0, 0.05) is 5.92 Å². The summed E-state index contributed by atoms with van der Waals surface area (Å²) < 4.78 is 27.1. The standard InChI is InChI=1S/C14H16F2O/c1-9-7-8-11(13(16)12(9)15)14(17)10-5-3-2-4-6-10/h7-8,10H,2-6H2,1H3. The summed E-state index contributed by atoms with van der Waals surface area (Å²) in [6.45, 7) is 1.49. The van der Waals surface area contributed by atoms with E-state index in [0.29, 0.717) is 0 Å². The van der Waals surface area contributed by atoms with Crippen LogP contribution in [0.5, 0.6) is 0 Å². The van der Waals surface area contributed by atoms with Crippen LogP contribution in [-0.4, -0.2) is 5.78 Å². The lowest BCUT2D eigenvalue weighted by Crippen LogP contribution is -2.19. The first-order valence-electron chi connectivity index (χ1n) is 6.10. The fourth-order valence-corrected chi connectivity index (χ4v) is 2.42. The van der Waals surface area contributed by atoms with Crippen LogP contribution in [0.1, 0.15) is 48.0 Å². The van der Waals surface area contributed by atoms with Gasteiger partial charge in [-0.3, -0.25) is 4.79 Å². The third-order valence-electron chi connectivity index (χ3n) is 3.52. The van der Waals surface area contributed by atoms with E-state index in [1.165, 1.54) is 19.1 Å². The van der Waals surface area contributed by atoms with Gasteiger partial charge in [0.2, 0.25) is 0 Å². The van der Waals surface area contributed by atoms with Gasteiger partial charge in [-0.1, -0.05) is 25.3 Å². The molecule has 1 aromatic rings. The van der Waals surface area contributed by atoms with E-state index in [-0.39, 0.29) is 22.8 Å². The summed E-state index contributed by atoms with van der Waals surface area (Å²) in [5, 5.41) is 0. The number of benzene rings is 1. The minimum atomic E-state index is -0.986. The average molecular weight is 238 g/mol. The van der Waals surface area contributed by atoms with Crippen LogP contribution < -0.4 is 0 Å². The molecule has 1 aromatic carbocycles. The Morgan fingerprint density at radius 3 is 2.41 bits per heavy atom. The lowest BCUT2D eigenvalue weighted by Gasteiger charge is -2.20. The summed E-state index contributed by atoms with van der Waals surface area (Å²) in [4.78, 5) is 12.1. The lowest BCUT2D eigenvalue weighted by atomic mass is 9.83. The second kappa shape index (κ2) is 4.94. The Kier molecular flexibility index (Phi) is 3.55. The van der Waals surface area contributed by atoms with Crippen molar-refractivity contribution in [3.05, 3.63) is 34.9 Å². The van der Waals surface area contributed by atoms with Crippen LogP contribution >= 0.6 is 0 Å². The first-order chi connectivity index (χ1) is 8.11. The molecule has 0 aliphatic heterocycles.